The van der Waals surface area contributed by atoms with Crippen molar-refractivity contribution in [3.63, 3.8) is 0 Å². The summed E-state index contributed by atoms with van der Waals surface area (Å²) in [7, 11) is 0.915. The molecule has 2 fully saturated rings. The third-order valence-electron chi connectivity index (χ3n) is 5.13. The molecule has 5 nitrogen and oxygen atoms in total. The van der Waals surface area contributed by atoms with Gasteiger partial charge in [-0.15, -0.1) is 0 Å². The Morgan fingerprint density at radius 3 is 2.52 bits per heavy atom. The molecule has 1 aromatic rings. The Labute approximate surface area is 139 Å². The molecule has 1 aromatic heterocycles. The topological polar surface area (TPSA) is 53.5 Å². The second-order valence-electron chi connectivity index (χ2n) is 7.08. The summed E-state index contributed by atoms with van der Waals surface area (Å²) in [5.41, 5.74) is 3.14. The highest BCUT2D eigenvalue weighted by Crippen LogP contribution is 2.34. The van der Waals surface area contributed by atoms with Crippen LogP contribution in [-0.2, 0) is 10.0 Å². The maximum absolute atomic E-state index is 12.8. The van der Waals surface area contributed by atoms with Gasteiger partial charge in [-0.3, -0.25) is 4.98 Å². The van der Waals surface area contributed by atoms with Gasteiger partial charge in [0.05, 0.1) is 5.25 Å². The number of anilines is 1. The summed E-state index contributed by atoms with van der Waals surface area (Å²) in [5, 5.41) is -0.149. The van der Waals surface area contributed by atoms with Crippen LogP contribution >= 0.6 is 0 Å². The van der Waals surface area contributed by atoms with E-state index in [1.54, 1.807) is 4.31 Å². The molecule has 2 aliphatic rings. The zero-order chi connectivity index (χ0) is 16.6. The fourth-order valence-corrected chi connectivity index (χ4v) is 5.84. The molecule has 2 heterocycles. The minimum Gasteiger partial charge on any atom is -0.378 e. The molecule has 3 rings (SSSR count). The average Bonchev–Trinajstić information content (AvgIpc) is 3.18. The lowest BCUT2D eigenvalue weighted by Crippen LogP contribution is -2.36. The van der Waals surface area contributed by atoms with Gasteiger partial charge < -0.3 is 4.90 Å². The summed E-state index contributed by atoms with van der Waals surface area (Å²) >= 11 is 0. The lowest BCUT2D eigenvalue weighted by atomic mass is 10.0. The molecule has 0 aromatic carbocycles. The van der Waals surface area contributed by atoms with Gasteiger partial charge in [0.25, 0.3) is 0 Å². The fourth-order valence-electron chi connectivity index (χ4n) is 3.74. The van der Waals surface area contributed by atoms with Crippen LogP contribution in [0.3, 0.4) is 0 Å². The van der Waals surface area contributed by atoms with E-state index in [4.69, 9.17) is 0 Å². The minimum absolute atomic E-state index is 0.149. The van der Waals surface area contributed by atoms with Gasteiger partial charge in [0.2, 0.25) is 10.0 Å². The van der Waals surface area contributed by atoms with Gasteiger partial charge in [0, 0.05) is 50.2 Å². The van der Waals surface area contributed by atoms with Crippen molar-refractivity contribution in [1.82, 2.24) is 9.29 Å². The Balaban J connectivity index is 1.77. The average molecular weight is 337 g/mol. The Morgan fingerprint density at radius 1 is 1.17 bits per heavy atom. The van der Waals surface area contributed by atoms with Gasteiger partial charge in [0.15, 0.2) is 0 Å². The van der Waals surface area contributed by atoms with Crippen LogP contribution in [0.2, 0.25) is 0 Å². The van der Waals surface area contributed by atoms with Crippen LogP contribution in [0.25, 0.3) is 0 Å². The van der Waals surface area contributed by atoms with Crippen LogP contribution in [-0.4, -0.2) is 50.1 Å². The van der Waals surface area contributed by atoms with Gasteiger partial charge >= 0.3 is 0 Å². The zero-order valence-corrected chi connectivity index (χ0v) is 15.1. The van der Waals surface area contributed by atoms with Crippen molar-refractivity contribution >= 4 is 15.7 Å². The Bertz CT molecular complexity index is 666. The Kier molecular flexibility index (Phi) is 4.65. The Hall–Kier alpha value is -1.14. The van der Waals surface area contributed by atoms with Crippen molar-refractivity contribution in [2.24, 2.45) is 0 Å². The predicted octanol–water partition coefficient (Wildman–Crippen LogP) is 2.52. The predicted molar refractivity (Wildman–Crippen MR) is 93.4 cm³/mol. The lowest BCUT2D eigenvalue weighted by molar-refractivity contribution is 0.460. The molecule has 0 radical (unpaired) electrons. The minimum atomic E-state index is -3.12. The van der Waals surface area contributed by atoms with Crippen molar-refractivity contribution < 1.29 is 8.42 Å². The molecule has 0 N–H and O–H groups in total. The van der Waals surface area contributed by atoms with Gasteiger partial charge in [-0.2, -0.15) is 0 Å². The highest BCUT2D eigenvalue weighted by atomic mass is 32.2. The number of hydrogen-bond donors (Lipinski definition) is 0. The van der Waals surface area contributed by atoms with Gasteiger partial charge in [0.1, 0.15) is 0 Å². The smallest absolute Gasteiger partial charge is 0.217 e. The first-order valence-electron chi connectivity index (χ1n) is 8.53. The third-order valence-corrected chi connectivity index (χ3v) is 7.49. The molecule has 1 saturated heterocycles. The fraction of sp³-hybridized carbons (Fsp3) is 0.706. The quantitative estimate of drug-likeness (QED) is 0.847. The molecule has 0 spiro atoms. The molecule has 23 heavy (non-hydrogen) atoms. The molecule has 0 bridgehead atoms. The van der Waals surface area contributed by atoms with Crippen LogP contribution in [0.5, 0.6) is 0 Å². The van der Waals surface area contributed by atoms with Crippen molar-refractivity contribution in [1.29, 1.82) is 0 Å². The first kappa shape index (κ1) is 16.7. The molecule has 1 saturated carbocycles. The van der Waals surface area contributed by atoms with Gasteiger partial charge in [-0.25, -0.2) is 12.7 Å². The summed E-state index contributed by atoms with van der Waals surface area (Å²) < 4.78 is 27.2. The van der Waals surface area contributed by atoms with E-state index in [2.05, 4.69) is 22.0 Å². The molecular formula is C17H27N3O2S. The molecule has 128 valence electrons. The first-order valence-corrected chi connectivity index (χ1v) is 10.0. The van der Waals surface area contributed by atoms with Gasteiger partial charge in [-0.05, 0) is 38.3 Å². The number of nitrogens with zero attached hydrogens (tertiary/aromatic N) is 3. The van der Waals surface area contributed by atoms with Crippen LogP contribution in [0.15, 0.2) is 12.1 Å². The number of pyridine rings is 1. The van der Waals surface area contributed by atoms with Crippen LogP contribution in [0.4, 0.5) is 5.69 Å². The number of aromatic nitrogens is 1. The van der Waals surface area contributed by atoms with E-state index in [-0.39, 0.29) is 11.2 Å². The molecule has 1 aliphatic heterocycles. The summed E-state index contributed by atoms with van der Waals surface area (Å²) in [6, 6.07) is 4.16. The first-order chi connectivity index (χ1) is 10.9. The van der Waals surface area contributed by atoms with Crippen molar-refractivity contribution in [3.8, 4) is 0 Å². The highest BCUT2D eigenvalue weighted by Gasteiger charge is 2.38. The maximum atomic E-state index is 12.8. The van der Waals surface area contributed by atoms with Crippen molar-refractivity contribution in [3.05, 3.63) is 23.5 Å². The third kappa shape index (κ3) is 3.38. The largest absolute Gasteiger partial charge is 0.378 e. The summed E-state index contributed by atoms with van der Waals surface area (Å²) in [6.07, 6.45) is 4.63. The van der Waals surface area contributed by atoms with Crippen LogP contribution in [0.1, 0.15) is 49.4 Å². The normalized spacial score (nSPS) is 23.5. The van der Waals surface area contributed by atoms with Gasteiger partial charge in [-0.1, -0.05) is 12.8 Å². The Morgan fingerprint density at radius 2 is 1.87 bits per heavy atom. The lowest BCUT2D eigenvalue weighted by Gasteiger charge is -2.21. The van der Waals surface area contributed by atoms with Crippen LogP contribution in [0, 0.1) is 6.92 Å². The summed E-state index contributed by atoms with van der Waals surface area (Å²) in [4.78, 5) is 6.73. The van der Waals surface area contributed by atoms with E-state index in [9.17, 15) is 8.42 Å². The second-order valence-corrected chi connectivity index (χ2v) is 9.29. The monoisotopic (exact) mass is 337 g/mol. The number of rotatable bonds is 4. The summed E-state index contributed by atoms with van der Waals surface area (Å²) in [6.45, 7) is 3.22. The van der Waals surface area contributed by atoms with E-state index in [1.165, 1.54) is 0 Å². The SMILES string of the molecule is Cc1cc(N(C)C)cc(C2CCN(S(=O)(=O)C3CCCC3)C2)n1. The van der Waals surface area contributed by atoms with Crippen molar-refractivity contribution in [2.75, 3.05) is 32.1 Å². The highest BCUT2D eigenvalue weighted by molar-refractivity contribution is 7.89. The zero-order valence-electron chi connectivity index (χ0n) is 14.3. The molecule has 1 unspecified atom stereocenters. The number of sulfonamides is 1. The maximum Gasteiger partial charge on any atom is 0.217 e. The number of hydrogen-bond acceptors (Lipinski definition) is 4. The molecule has 1 atom stereocenters. The summed E-state index contributed by atoms with van der Waals surface area (Å²) in [5.74, 6) is 0.213. The van der Waals surface area contributed by atoms with Crippen LogP contribution < -0.4 is 4.90 Å². The van der Waals surface area contributed by atoms with E-state index >= 15 is 0 Å². The van der Waals surface area contributed by atoms with E-state index < -0.39 is 10.0 Å². The van der Waals surface area contributed by atoms with E-state index in [1.807, 2.05) is 21.0 Å². The standard InChI is InChI=1S/C17H27N3O2S/c1-13-10-15(19(2)3)11-17(18-13)14-8-9-20(12-14)23(21,22)16-6-4-5-7-16/h10-11,14,16H,4-9,12H2,1-3H3. The van der Waals surface area contributed by atoms with Crippen molar-refractivity contribution in [2.45, 2.75) is 50.2 Å². The molecule has 6 heteroatoms. The van der Waals surface area contributed by atoms with E-state index in [0.717, 1.165) is 49.2 Å². The molecule has 1 aliphatic carbocycles. The molecular weight excluding hydrogens is 310 g/mol. The molecule has 0 amide bonds. The van der Waals surface area contributed by atoms with E-state index in [0.29, 0.717) is 13.1 Å². The number of aryl methyl sites for hydroxylation is 1. The second kappa shape index (κ2) is 6.40.